The second-order valence-corrected chi connectivity index (χ2v) is 7.62. The highest BCUT2D eigenvalue weighted by Crippen LogP contribution is 2.36. The number of ether oxygens (including phenoxy) is 2. The molecule has 0 aliphatic carbocycles. The van der Waals surface area contributed by atoms with Crippen molar-refractivity contribution < 1.29 is 19.1 Å². The van der Waals surface area contributed by atoms with Gasteiger partial charge in [-0.25, -0.2) is 0 Å². The standard InChI is InChI=1S/C20H27Cl3O4/c1-2-3-4-5-6-7-8-12-26-18(24)10-9-11-19(25)27-20-16(22)13-15(21)14-17(20)23/h13-14H,2-12H2,1H3. The van der Waals surface area contributed by atoms with Crippen LogP contribution in [0.3, 0.4) is 0 Å². The van der Waals surface area contributed by atoms with Crippen LogP contribution in [-0.2, 0) is 14.3 Å². The van der Waals surface area contributed by atoms with Crippen LogP contribution in [0.25, 0.3) is 0 Å². The fourth-order valence-corrected chi connectivity index (χ4v) is 3.38. The quantitative estimate of drug-likeness (QED) is 0.189. The number of hydrogen-bond acceptors (Lipinski definition) is 4. The molecule has 0 N–H and O–H groups in total. The molecule has 0 unspecified atom stereocenters. The fraction of sp³-hybridized carbons (Fsp3) is 0.600. The van der Waals surface area contributed by atoms with Crippen LogP contribution in [0.1, 0.15) is 71.1 Å². The van der Waals surface area contributed by atoms with Gasteiger partial charge in [-0.15, -0.1) is 0 Å². The summed E-state index contributed by atoms with van der Waals surface area (Å²) in [5, 5.41) is 0.679. The lowest BCUT2D eigenvalue weighted by molar-refractivity contribution is -0.144. The molecule has 0 aromatic heterocycles. The number of carbonyl (C=O) groups is 2. The summed E-state index contributed by atoms with van der Waals surface area (Å²) in [6, 6.07) is 2.89. The first kappa shape index (κ1) is 24.1. The molecule has 0 atom stereocenters. The van der Waals surface area contributed by atoms with Gasteiger partial charge in [0, 0.05) is 17.9 Å². The lowest BCUT2D eigenvalue weighted by Crippen LogP contribution is -2.11. The first-order valence-electron chi connectivity index (χ1n) is 9.45. The molecule has 0 radical (unpaired) electrons. The van der Waals surface area contributed by atoms with Crippen LogP contribution in [-0.4, -0.2) is 18.5 Å². The molecule has 0 bridgehead atoms. The van der Waals surface area contributed by atoms with E-state index >= 15 is 0 Å². The number of halogens is 3. The van der Waals surface area contributed by atoms with E-state index in [1.165, 1.54) is 44.2 Å². The van der Waals surface area contributed by atoms with Crippen molar-refractivity contribution in [2.75, 3.05) is 6.61 Å². The molecule has 7 heteroatoms. The number of unbranched alkanes of at least 4 members (excludes halogenated alkanes) is 6. The number of esters is 2. The van der Waals surface area contributed by atoms with Crippen LogP contribution < -0.4 is 4.74 Å². The first-order chi connectivity index (χ1) is 12.9. The summed E-state index contributed by atoms with van der Waals surface area (Å²) in [6.07, 6.45) is 8.77. The molecule has 27 heavy (non-hydrogen) atoms. The Morgan fingerprint density at radius 1 is 0.815 bits per heavy atom. The molecule has 0 amide bonds. The third-order valence-corrected chi connectivity index (χ3v) is 4.73. The summed E-state index contributed by atoms with van der Waals surface area (Å²) in [4.78, 5) is 23.5. The highest BCUT2D eigenvalue weighted by atomic mass is 35.5. The van der Waals surface area contributed by atoms with Crippen molar-refractivity contribution in [2.45, 2.75) is 71.1 Å². The van der Waals surface area contributed by atoms with Crippen molar-refractivity contribution in [1.82, 2.24) is 0 Å². The van der Waals surface area contributed by atoms with Crippen molar-refractivity contribution in [1.29, 1.82) is 0 Å². The van der Waals surface area contributed by atoms with Crippen molar-refractivity contribution >= 4 is 46.7 Å². The van der Waals surface area contributed by atoms with Crippen molar-refractivity contribution in [3.8, 4) is 5.75 Å². The smallest absolute Gasteiger partial charge is 0.311 e. The molecular formula is C20H27Cl3O4. The van der Waals surface area contributed by atoms with Crippen molar-refractivity contribution in [3.05, 3.63) is 27.2 Å². The van der Waals surface area contributed by atoms with Gasteiger partial charge < -0.3 is 9.47 Å². The fourth-order valence-electron chi connectivity index (χ4n) is 2.49. The molecule has 0 aliphatic heterocycles. The minimum atomic E-state index is -0.513. The maximum atomic E-state index is 11.9. The highest BCUT2D eigenvalue weighted by Gasteiger charge is 2.14. The lowest BCUT2D eigenvalue weighted by atomic mass is 10.1. The Kier molecular flexibility index (Phi) is 12.6. The number of benzene rings is 1. The Hall–Kier alpha value is -0.970. The molecule has 152 valence electrons. The van der Waals surface area contributed by atoms with Gasteiger partial charge in [-0.3, -0.25) is 9.59 Å². The minimum Gasteiger partial charge on any atom is -0.466 e. The molecule has 0 heterocycles. The molecule has 0 saturated heterocycles. The summed E-state index contributed by atoms with van der Waals surface area (Å²) in [5.41, 5.74) is 0. The topological polar surface area (TPSA) is 52.6 Å². The third-order valence-electron chi connectivity index (χ3n) is 3.95. The molecule has 1 rings (SSSR count). The summed E-state index contributed by atoms with van der Waals surface area (Å²) >= 11 is 17.7. The van der Waals surface area contributed by atoms with E-state index in [1.54, 1.807) is 0 Å². The van der Waals surface area contributed by atoms with E-state index < -0.39 is 5.97 Å². The Bertz CT molecular complexity index is 582. The van der Waals surface area contributed by atoms with Gasteiger partial charge in [0.2, 0.25) is 0 Å². The Labute approximate surface area is 176 Å². The van der Waals surface area contributed by atoms with Crippen molar-refractivity contribution in [2.24, 2.45) is 0 Å². The lowest BCUT2D eigenvalue weighted by Gasteiger charge is -2.09. The van der Waals surface area contributed by atoms with Crippen LogP contribution in [0.2, 0.25) is 15.1 Å². The molecule has 0 spiro atoms. The second-order valence-electron chi connectivity index (χ2n) is 6.37. The monoisotopic (exact) mass is 436 g/mol. The molecule has 4 nitrogen and oxygen atoms in total. The van der Waals surface area contributed by atoms with E-state index in [4.69, 9.17) is 44.3 Å². The van der Waals surface area contributed by atoms with Crippen molar-refractivity contribution in [3.63, 3.8) is 0 Å². The molecular weight excluding hydrogens is 411 g/mol. The van der Waals surface area contributed by atoms with Gasteiger partial charge in [0.15, 0.2) is 5.75 Å². The normalized spacial score (nSPS) is 10.7. The molecule has 1 aromatic carbocycles. The second kappa shape index (κ2) is 14.1. The predicted molar refractivity (Wildman–Crippen MR) is 110 cm³/mol. The third kappa shape index (κ3) is 10.8. The van der Waals surface area contributed by atoms with Crippen LogP contribution in [0.4, 0.5) is 0 Å². The number of carbonyl (C=O) groups excluding carboxylic acids is 2. The van der Waals surface area contributed by atoms with Gasteiger partial charge in [0.25, 0.3) is 0 Å². The average Bonchev–Trinajstić information content (AvgIpc) is 2.60. The molecule has 0 aliphatic rings. The zero-order chi connectivity index (χ0) is 20.1. The summed E-state index contributed by atoms with van der Waals surface area (Å²) in [5.74, 6) is -0.730. The Morgan fingerprint density at radius 2 is 1.37 bits per heavy atom. The highest BCUT2D eigenvalue weighted by molar-refractivity contribution is 6.40. The zero-order valence-corrected chi connectivity index (χ0v) is 18.0. The minimum absolute atomic E-state index is 0.0712. The zero-order valence-electron chi connectivity index (χ0n) is 15.7. The summed E-state index contributed by atoms with van der Waals surface area (Å²) < 4.78 is 10.3. The molecule has 0 fully saturated rings. The van der Waals surface area contributed by atoms with E-state index in [-0.39, 0.29) is 34.6 Å². The molecule has 1 aromatic rings. The van der Waals surface area contributed by atoms with Crippen LogP contribution in [0.15, 0.2) is 12.1 Å². The van der Waals surface area contributed by atoms with Gasteiger partial charge in [-0.05, 0) is 25.0 Å². The summed E-state index contributed by atoms with van der Waals surface area (Å²) in [6.45, 7) is 2.63. The average molecular weight is 438 g/mol. The van der Waals surface area contributed by atoms with Crippen LogP contribution in [0, 0.1) is 0 Å². The summed E-state index contributed by atoms with van der Waals surface area (Å²) in [7, 11) is 0. The van der Waals surface area contributed by atoms with Gasteiger partial charge in [0.05, 0.1) is 16.7 Å². The predicted octanol–water partition coefficient (Wildman–Crippen LogP) is 7.02. The van der Waals surface area contributed by atoms with Gasteiger partial charge in [0.1, 0.15) is 0 Å². The van der Waals surface area contributed by atoms with E-state index in [9.17, 15) is 9.59 Å². The van der Waals surface area contributed by atoms with Crippen LogP contribution >= 0.6 is 34.8 Å². The maximum Gasteiger partial charge on any atom is 0.311 e. The number of rotatable bonds is 13. The van der Waals surface area contributed by atoms with Crippen LogP contribution in [0.5, 0.6) is 5.75 Å². The van der Waals surface area contributed by atoms with Gasteiger partial charge in [-0.2, -0.15) is 0 Å². The van der Waals surface area contributed by atoms with E-state index in [0.717, 1.165) is 12.8 Å². The maximum absolute atomic E-state index is 11.9. The first-order valence-corrected chi connectivity index (χ1v) is 10.6. The van der Waals surface area contributed by atoms with E-state index in [1.807, 2.05) is 0 Å². The Morgan fingerprint density at radius 3 is 2.00 bits per heavy atom. The SMILES string of the molecule is CCCCCCCCCOC(=O)CCCC(=O)Oc1c(Cl)cc(Cl)cc1Cl. The van der Waals surface area contributed by atoms with Gasteiger partial charge in [-0.1, -0.05) is 80.3 Å². The van der Waals surface area contributed by atoms with E-state index in [0.29, 0.717) is 18.1 Å². The molecule has 0 saturated carbocycles. The Balaban J connectivity index is 2.13. The largest absolute Gasteiger partial charge is 0.466 e. The number of hydrogen-bond donors (Lipinski definition) is 0. The van der Waals surface area contributed by atoms with Gasteiger partial charge >= 0.3 is 11.9 Å². The van der Waals surface area contributed by atoms with E-state index in [2.05, 4.69) is 6.92 Å².